The number of fused-ring (bicyclic) bond motifs is 1. The third kappa shape index (κ3) is 2.89. The number of hydrogen-bond donors (Lipinski definition) is 0. The minimum atomic E-state index is 0.0683. The van der Waals surface area contributed by atoms with Gasteiger partial charge < -0.3 is 4.57 Å². The Morgan fingerprint density at radius 3 is 2.81 bits per heavy atom. The van der Waals surface area contributed by atoms with E-state index in [-0.39, 0.29) is 5.78 Å². The second kappa shape index (κ2) is 5.88. The number of para-hydroxylation sites is 2. The summed E-state index contributed by atoms with van der Waals surface area (Å²) in [6.45, 7) is 0. The van der Waals surface area contributed by atoms with Crippen molar-refractivity contribution in [1.29, 1.82) is 0 Å². The molecular weight excluding hydrogens is 443 g/mol. The van der Waals surface area contributed by atoms with Crippen LogP contribution >= 0.6 is 38.5 Å². The number of ketones is 1. The van der Waals surface area contributed by atoms with Crippen LogP contribution in [-0.2, 0) is 13.5 Å². The van der Waals surface area contributed by atoms with Gasteiger partial charge in [-0.3, -0.25) is 4.79 Å². The van der Waals surface area contributed by atoms with E-state index in [4.69, 9.17) is 0 Å². The van der Waals surface area contributed by atoms with Gasteiger partial charge in [-0.2, -0.15) is 0 Å². The molecule has 0 atom stereocenters. The summed E-state index contributed by atoms with van der Waals surface area (Å²) in [6.07, 6.45) is 0.296. The lowest BCUT2D eigenvalue weighted by atomic mass is 10.1. The zero-order chi connectivity index (χ0) is 15.0. The number of benzene rings is 2. The molecule has 0 aliphatic heterocycles. The highest BCUT2D eigenvalue weighted by atomic mass is 127. The Labute approximate surface area is 144 Å². The number of halogens is 2. The maximum atomic E-state index is 12.5. The maximum absolute atomic E-state index is 12.5. The molecule has 21 heavy (non-hydrogen) atoms. The lowest BCUT2D eigenvalue weighted by Gasteiger charge is -2.05. The molecule has 0 aliphatic carbocycles. The fourth-order valence-electron chi connectivity index (χ4n) is 2.30. The van der Waals surface area contributed by atoms with Gasteiger partial charge in [0, 0.05) is 20.7 Å². The minimum Gasteiger partial charge on any atom is -0.331 e. The first-order valence-corrected chi connectivity index (χ1v) is 8.32. The molecule has 3 nitrogen and oxygen atoms in total. The van der Waals surface area contributed by atoms with Crippen LogP contribution in [0.3, 0.4) is 0 Å². The van der Waals surface area contributed by atoms with Gasteiger partial charge in [-0.05, 0) is 52.9 Å². The van der Waals surface area contributed by atoms with Crippen molar-refractivity contribution in [3.63, 3.8) is 0 Å². The number of carbonyl (C=O) groups excluding carboxylic acids is 1. The summed E-state index contributed by atoms with van der Waals surface area (Å²) in [5.41, 5.74) is 2.67. The van der Waals surface area contributed by atoms with Gasteiger partial charge in [0.1, 0.15) is 5.82 Å². The van der Waals surface area contributed by atoms with E-state index in [9.17, 15) is 4.79 Å². The second-order valence-electron chi connectivity index (χ2n) is 4.80. The number of nitrogens with zero attached hydrogens (tertiary/aromatic N) is 2. The molecule has 0 N–H and O–H groups in total. The van der Waals surface area contributed by atoms with Gasteiger partial charge >= 0.3 is 0 Å². The summed E-state index contributed by atoms with van der Waals surface area (Å²) < 4.78 is 3.85. The normalized spacial score (nSPS) is 11.0. The Bertz CT molecular complexity index is 841. The largest absolute Gasteiger partial charge is 0.331 e. The van der Waals surface area contributed by atoms with E-state index in [0.717, 1.165) is 24.9 Å². The van der Waals surface area contributed by atoms with Crippen molar-refractivity contribution in [2.45, 2.75) is 6.42 Å². The number of aromatic nitrogens is 2. The molecule has 3 rings (SSSR count). The van der Waals surface area contributed by atoms with Crippen LogP contribution in [-0.4, -0.2) is 15.3 Å². The Morgan fingerprint density at radius 2 is 2.05 bits per heavy atom. The molecule has 0 saturated heterocycles. The molecule has 3 aromatic rings. The molecule has 1 heterocycles. The molecule has 0 unspecified atom stereocenters. The van der Waals surface area contributed by atoms with E-state index in [1.807, 2.05) is 54.1 Å². The van der Waals surface area contributed by atoms with Gasteiger partial charge in [0.25, 0.3) is 0 Å². The van der Waals surface area contributed by atoms with Crippen molar-refractivity contribution >= 4 is 55.3 Å². The average Bonchev–Trinajstić information content (AvgIpc) is 2.78. The Hall–Kier alpha value is -1.21. The Kier molecular flexibility index (Phi) is 4.12. The summed E-state index contributed by atoms with van der Waals surface area (Å²) in [6, 6.07) is 13.7. The van der Waals surface area contributed by atoms with Crippen molar-refractivity contribution in [3.8, 4) is 0 Å². The van der Waals surface area contributed by atoms with E-state index in [1.165, 1.54) is 0 Å². The summed E-state index contributed by atoms with van der Waals surface area (Å²) in [4.78, 5) is 17.1. The fourth-order valence-corrected chi connectivity index (χ4v) is 3.26. The quantitative estimate of drug-likeness (QED) is 0.435. The first-order chi connectivity index (χ1) is 10.1. The zero-order valence-corrected chi connectivity index (χ0v) is 15.1. The predicted octanol–water partition coefficient (Wildman–Crippen LogP) is 4.37. The third-order valence-corrected chi connectivity index (χ3v) is 4.79. The summed E-state index contributed by atoms with van der Waals surface area (Å²) in [5.74, 6) is 0.853. The van der Waals surface area contributed by atoms with Crippen molar-refractivity contribution in [1.82, 2.24) is 9.55 Å². The molecule has 0 amide bonds. The molecule has 0 radical (unpaired) electrons. The Balaban J connectivity index is 1.96. The first kappa shape index (κ1) is 14.7. The van der Waals surface area contributed by atoms with Crippen LogP contribution in [0.5, 0.6) is 0 Å². The van der Waals surface area contributed by atoms with Crippen LogP contribution in [0.1, 0.15) is 16.2 Å². The van der Waals surface area contributed by atoms with Crippen LogP contribution in [0.2, 0.25) is 0 Å². The zero-order valence-electron chi connectivity index (χ0n) is 11.3. The van der Waals surface area contributed by atoms with Crippen molar-refractivity contribution in [2.24, 2.45) is 7.05 Å². The van der Waals surface area contributed by atoms with Gasteiger partial charge in [-0.15, -0.1) is 0 Å². The molecule has 0 aliphatic rings. The standard InChI is InChI=1S/C16H12BrIN2O/c1-20-14-5-3-2-4-13(14)19-16(20)9-15(21)11-8-10(18)6-7-12(11)17/h2-8H,9H2,1H3. The van der Waals surface area contributed by atoms with E-state index in [1.54, 1.807) is 0 Å². The molecule has 1 aromatic heterocycles. The minimum absolute atomic E-state index is 0.0683. The highest BCUT2D eigenvalue weighted by molar-refractivity contribution is 14.1. The maximum Gasteiger partial charge on any atom is 0.171 e. The van der Waals surface area contributed by atoms with Crippen LogP contribution < -0.4 is 0 Å². The average molecular weight is 455 g/mol. The number of imidazole rings is 1. The number of carbonyl (C=O) groups is 1. The summed E-state index contributed by atoms with van der Waals surface area (Å²) >= 11 is 5.66. The lowest BCUT2D eigenvalue weighted by Crippen LogP contribution is -2.09. The van der Waals surface area contributed by atoms with Gasteiger partial charge in [0.05, 0.1) is 17.5 Å². The molecule has 106 valence electrons. The highest BCUT2D eigenvalue weighted by Gasteiger charge is 2.15. The highest BCUT2D eigenvalue weighted by Crippen LogP contribution is 2.22. The van der Waals surface area contributed by atoms with Crippen LogP contribution in [0.25, 0.3) is 11.0 Å². The number of Topliss-reactive ketones (excluding diaryl/α,β-unsaturated/α-hetero) is 1. The van der Waals surface area contributed by atoms with E-state index < -0.39 is 0 Å². The van der Waals surface area contributed by atoms with Gasteiger partial charge in [-0.1, -0.05) is 28.1 Å². The molecular formula is C16H12BrIN2O. The molecule has 0 spiro atoms. The van der Waals surface area contributed by atoms with Crippen LogP contribution in [0, 0.1) is 3.57 Å². The molecule has 0 fully saturated rings. The summed E-state index contributed by atoms with van der Waals surface area (Å²) in [7, 11) is 1.95. The van der Waals surface area contributed by atoms with Crippen molar-refractivity contribution in [3.05, 3.63) is 61.9 Å². The van der Waals surface area contributed by atoms with Gasteiger partial charge in [-0.25, -0.2) is 4.98 Å². The van der Waals surface area contributed by atoms with E-state index >= 15 is 0 Å². The van der Waals surface area contributed by atoms with E-state index in [0.29, 0.717) is 12.0 Å². The van der Waals surface area contributed by atoms with Gasteiger partial charge in [0.2, 0.25) is 0 Å². The topological polar surface area (TPSA) is 34.9 Å². The molecule has 0 bridgehead atoms. The predicted molar refractivity (Wildman–Crippen MR) is 95.6 cm³/mol. The first-order valence-electron chi connectivity index (χ1n) is 6.45. The number of hydrogen-bond acceptors (Lipinski definition) is 2. The Morgan fingerprint density at radius 1 is 1.29 bits per heavy atom. The summed E-state index contributed by atoms with van der Waals surface area (Å²) in [5, 5.41) is 0. The number of aryl methyl sites for hydroxylation is 1. The molecule has 5 heteroatoms. The van der Waals surface area contributed by atoms with Gasteiger partial charge in [0.15, 0.2) is 5.78 Å². The van der Waals surface area contributed by atoms with Crippen molar-refractivity contribution < 1.29 is 4.79 Å². The third-order valence-electron chi connectivity index (χ3n) is 3.43. The monoisotopic (exact) mass is 454 g/mol. The molecule has 2 aromatic carbocycles. The number of rotatable bonds is 3. The fraction of sp³-hybridized carbons (Fsp3) is 0.125. The van der Waals surface area contributed by atoms with Crippen molar-refractivity contribution in [2.75, 3.05) is 0 Å². The SMILES string of the molecule is Cn1c(CC(=O)c2cc(I)ccc2Br)nc2ccccc21. The van der Waals surface area contributed by atoms with Crippen LogP contribution in [0.15, 0.2) is 46.9 Å². The molecule has 0 saturated carbocycles. The van der Waals surface area contributed by atoms with E-state index in [2.05, 4.69) is 43.5 Å². The van der Waals surface area contributed by atoms with Crippen LogP contribution in [0.4, 0.5) is 0 Å². The lowest BCUT2D eigenvalue weighted by molar-refractivity contribution is 0.0989. The smallest absolute Gasteiger partial charge is 0.171 e. The second-order valence-corrected chi connectivity index (χ2v) is 6.90.